The van der Waals surface area contributed by atoms with Crippen LogP contribution in [0.1, 0.15) is 32.5 Å². The highest BCUT2D eigenvalue weighted by atomic mass is 35.5. The van der Waals surface area contributed by atoms with Crippen LogP contribution in [0.4, 0.5) is 0 Å². The molecule has 2 heterocycles. The number of aromatic nitrogens is 2. The van der Waals surface area contributed by atoms with Crippen molar-refractivity contribution in [3.05, 3.63) is 62.6 Å². The zero-order valence-corrected chi connectivity index (χ0v) is 19.2. The van der Waals surface area contributed by atoms with Crippen LogP contribution >= 0.6 is 23.2 Å². The largest absolute Gasteiger partial charge is 0.301 e. The Balaban J connectivity index is 1.73. The van der Waals surface area contributed by atoms with Crippen molar-refractivity contribution < 1.29 is 0 Å². The molecule has 1 fully saturated rings. The lowest BCUT2D eigenvalue weighted by Crippen LogP contribution is -2.42. The van der Waals surface area contributed by atoms with E-state index < -0.39 is 0 Å². The first-order chi connectivity index (χ1) is 14.3. The summed E-state index contributed by atoms with van der Waals surface area (Å²) in [6.45, 7) is 9.27. The molecule has 0 saturated carbocycles. The molecule has 158 valence electrons. The van der Waals surface area contributed by atoms with Gasteiger partial charge in [0.15, 0.2) is 0 Å². The number of aryl methyl sites for hydroxylation is 1. The van der Waals surface area contributed by atoms with Crippen LogP contribution in [0.25, 0.3) is 22.0 Å². The van der Waals surface area contributed by atoms with Gasteiger partial charge in [0.25, 0.3) is 5.56 Å². The normalized spacial score (nSPS) is 17.7. The van der Waals surface area contributed by atoms with Gasteiger partial charge < -0.3 is 4.90 Å². The molecular weight excluding hydrogens is 417 g/mol. The van der Waals surface area contributed by atoms with Gasteiger partial charge in [0.1, 0.15) is 5.82 Å². The molecule has 0 amide bonds. The third-order valence-corrected chi connectivity index (χ3v) is 6.95. The van der Waals surface area contributed by atoms with Gasteiger partial charge in [0, 0.05) is 24.7 Å². The summed E-state index contributed by atoms with van der Waals surface area (Å²) in [6.07, 6.45) is 2.32. The quantitative estimate of drug-likeness (QED) is 0.511. The summed E-state index contributed by atoms with van der Waals surface area (Å²) in [7, 11) is 0. The highest BCUT2D eigenvalue weighted by molar-refractivity contribution is 6.43. The summed E-state index contributed by atoms with van der Waals surface area (Å²) >= 11 is 12.6. The van der Waals surface area contributed by atoms with E-state index in [-0.39, 0.29) is 5.56 Å². The molecule has 1 atom stereocenters. The van der Waals surface area contributed by atoms with E-state index in [1.54, 1.807) is 6.07 Å². The number of benzene rings is 2. The second-order valence-corrected chi connectivity index (χ2v) is 9.29. The summed E-state index contributed by atoms with van der Waals surface area (Å²) in [6, 6.07) is 11.8. The zero-order chi connectivity index (χ0) is 21.4. The van der Waals surface area contributed by atoms with Gasteiger partial charge in [-0.15, -0.1) is 0 Å². The molecule has 0 radical (unpaired) electrons. The molecule has 1 aromatic heterocycles. The fourth-order valence-corrected chi connectivity index (χ4v) is 4.82. The van der Waals surface area contributed by atoms with Crippen LogP contribution in [0.3, 0.4) is 0 Å². The van der Waals surface area contributed by atoms with Gasteiger partial charge in [-0.25, -0.2) is 4.98 Å². The third-order valence-electron chi connectivity index (χ3n) is 6.13. The molecular formula is C24H27Cl2N3O. The van der Waals surface area contributed by atoms with Gasteiger partial charge in [-0.2, -0.15) is 0 Å². The standard InChI is InChI=1S/C24H27Cl2N3O/c1-15(2)28-11-5-6-17(13-28)14-29-16(3)27-22-10-9-18(12-20(22)24(29)30)19-7-4-8-21(25)23(19)26/h4,7-10,12,15,17H,5-6,11,13-14H2,1-3H3/t17-/m0/s1. The number of hydrogen-bond donors (Lipinski definition) is 0. The van der Waals surface area contributed by atoms with Crippen molar-refractivity contribution in [2.24, 2.45) is 5.92 Å². The van der Waals surface area contributed by atoms with Gasteiger partial charge in [0.05, 0.1) is 20.9 Å². The van der Waals surface area contributed by atoms with Crippen LogP contribution in [0.5, 0.6) is 0 Å². The Morgan fingerprint density at radius 1 is 1.20 bits per heavy atom. The van der Waals surface area contributed by atoms with E-state index in [1.807, 2.05) is 41.8 Å². The molecule has 0 bridgehead atoms. The van der Waals surface area contributed by atoms with Crippen molar-refractivity contribution in [1.29, 1.82) is 0 Å². The zero-order valence-electron chi connectivity index (χ0n) is 17.7. The molecule has 0 aliphatic carbocycles. The first kappa shape index (κ1) is 21.4. The van der Waals surface area contributed by atoms with E-state index in [9.17, 15) is 4.79 Å². The predicted molar refractivity (Wildman–Crippen MR) is 126 cm³/mol. The SMILES string of the molecule is Cc1nc2ccc(-c3cccc(Cl)c3Cl)cc2c(=O)n1C[C@H]1CCCN(C(C)C)C1. The topological polar surface area (TPSA) is 38.1 Å². The average molecular weight is 444 g/mol. The molecule has 6 heteroatoms. The van der Waals surface area contributed by atoms with Gasteiger partial charge >= 0.3 is 0 Å². The van der Waals surface area contributed by atoms with Crippen LogP contribution in [-0.4, -0.2) is 33.6 Å². The Morgan fingerprint density at radius 2 is 2.00 bits per heavy atom. The van der Waals surface area contributed by atoms with Gasteiger partial charge in [-0.3, -0.25) is 9.36 Å². The van der Waals surface area contributed by atoms with Crippen molar-refractivity contribution >= 4 is 34.1 Å². The van der Waals surface area contributed by atoms with Gasteiger partial charge in [-0.05, 0) is 69.8 Å². The van der Waals surface area contributed by atoms with Gasteiger partial charge in [0.2, 0.25) is 0 Å². The van der Waals surface area contributed by atoms with E-state index in [1.165, 1.54) is 6.42 Å². The third kappa shape index (κ3) is 4.14. The lowest BCUT2D eigenvalue weighted by atomic mass is 9.96. The van der Waals surface area contributed by atoms with Crippen LogP contribution in [-0.2, 0) is 6.54 Å². The monoisotopic (exact) mass is 443 g/mol. The first-order valence-electron chi connectivity index (χ1n) is 10.5. The number of likely N-dealkylation sites (tertiary alicyclic amines) is 1. The maximum absolute atomic E-state index is 13.4. The molecule has 0 N–H and O–H groups in total. The maximum atomic E-state index is 13.4. The minimum atomic E-state index is 0.0131. The van der Waals surface area contributed by atoms with Crippen LogP contribution in [0.2, 0.25) is 10.0 Å². The van der Waals surface area contributed by atoms with Crippen molar-refractivity contribution in [3.63, 3.8) is 0 Å². The number of piperidine rings is 1. The maximum Gasteiger partial charge on any atom is 0.261 e. The molecule has 4 rings (SSSR count). The van der Waals surface area contributed by atoms with E-state index in [4.69, 9.17) is 28.2 Å². The molecule has 30 heavy (non-hydrogen) atoms. The van der Waals surface area contributed by atoms with Crippen molar-refractivity contribution in [2.45, 2.75) is 46.2 Å². The van der Waals surface area contributed by atoms with Crippen LogP contribution < -0.4 is 5.56 Å². The molecule has 0 unspecified atom stereocenters. The lowest BCUT2D eigenvalue weighted by molar-refractivity contribution is 0.129. The Hall–Kier alpha value is -1.88. The van der Waals surface area contributed by atoms with Crippen LogP contribution in [0, 0.1) is 12.8 Å². The fraction of sp³-hybridized carbons (Fsp3) is 0.417. The lowest BCUT2D eigenvalue weighted by Gasteiger charge is -2.35. The van der Waals surface area contributed by atoms with E-state index in [0.29, 0.717) is 39.5 Å². The second kappa shape index (κ2) is 8.70. The molecule has 1 aliphatic rings. The Labute approximate surface area is 187 Å². The molecule has 0 spiro atoms. The second-order valence-electron chi connectivity index (χ2n) is 8.51. The molecule has 2 aromatic carbocycles. The molecule has 3 aromatic rings. The summed E-state index contributed by atoms with van der Waals surface area (Å²) in [5, 5.41) is 1.61. The molecule has 4 nitrogen and oxygen atoms in total. The number of rotatable bonds is 4. The Bertz CT molecular complexity index is 1140. The number of fused-ring (bicyclic) bond motifs is 1. The highest BCUT2D eigenvalue weighted by Gasteiger charge is 2.23. The predicted octanol–water partition coefficient (Wildman–Crippen LogP) is 5.80. The smallest absolute Gasteiger partial charge is 0.261 e. The van der Waals surface area contributed by atoms with Crippen molar-refractivity contribution in [3.8, 4) is 11.1 Å². The number of hydrogen-bond acceptors (Lipinski definition) is 3. The van der Waals surface area contributed by atoms with Gasteiger partial charge in [-0.1, -0.05) is 41.4 Å². The molecule has 1 aliphatic heterocycles. The van der Waals surface area contributed by atoms with Crippen molar-refractivity contribution in [2.75, 3.05) is 13.1 Å². The summed E-state index contributed by atoms with van der Waals surface area (Å²) in [4.78, 5) is 20.6. The van der Waals surface area contributed by atoms with Crippen molar-refractivity contribution in [1.82, 2.24) is 14.5 Å². The van der Waals surface area contributed by atoms with E-state index >= 15 is 0 Å². The van der Waals surface area contributed by atoms with E-state index in [2.05, 4.69) is 18.7 Å². The summed E-state index contributed by atoms with van der Waals surface area (Å²) in [5.41, 5.74) is 2.41. The minimum Gasteiger partial charge on any atom is -0.301 e. The number of halogens is 2. The molecule has 1 saturated heterocycles. The van der Waals surface area contributed by atoms with Crippen LogP contribution in [0.15, 0.2) is 41.2 Å². The minimum absolute atomic E-state index is 0.0131. The Morgan fingerprint density at radius 3 is 2.77 bits per heavy atom. The first-order valence-corrected chi connectivity index (χ1v) is 11.3. The van der Waals surface area contributed by atoms with E-state index in [0.717, 1.165) is 36.5 Å². The highest BCUT2D eigenvalue weighted by Crippen LogP contribution is 2.34. The summed E-state index contributed by atoms with van der Waals surface area (Å²) < 4.78 is 1.85. The average Bonchev–Trinajstić information content (AvgIpc) is 2.73. The Kier molecular flexibility index (Phi) is 6.19. The summed E-state index contributed by atoms with van der Waals surface area (Å²) in [5.74, 6) is 1.23. The fourth-order valence-electron chi connectivity index (χ4n) is 4.41. The number of nitrogens with zero attached hydrogens (tertiary/aromatic N) is 3.